The van der Waals surface area contributed by atoms with Gasteiger partial charge in [-0.1, -0.05) is 19.1 Å². The summed E-state index contributed by atoms with van der Waals surface area (Å²) in [5.74, 6) is 0. The molecule has 3 heteroatoms. The molecule has 3 nitrogen and oxygen atoms in total. The van der Waals surface area contributed by atoms with Gasteiger partial charge in [0.2, 0.25) is 0 Å². The smallest absolute Gasteiger partial charge is 0.0415 e. The Bertz CT molecular complexity index is 368. The largest absolute Gasteiger partial charge is 0.369 e. The van der Waals surface area contributed by atoms with Gasteiger partial charge >= 0.3 is 0 Å². The highest BCUT2D eigenvalue weighted by Crippen LogP contribution is 2.23. The van der Waals surface area contributed by atoms with Gasteiger partial charge in [0.1, 0.15) is 0 Å². The van der Waals surface area contributed by atoms with Crippen LogP contribution in [0.15, 0.2) is 18.2 Å². The van der Waals surface area contributed by atoms with Gasteiger partial charge in [-0.15, -0.1) is 0 Å². The number of piperazine rings is 1. The van der Waals surface area contributed by atoms with E-state index in [-0.39, 0.29) is 0 Å². The second-order valence-corrected chi connectivity index (χ2v) is 4.76. The lowest BCUT2D eigenvalue weighted by atomic mass is 10.1. The summed E-state index contributed by atoms with van der Waals surface area (Å²) in [7, 11) is 0. The predicted octanol–water partition coefficient (Wildman–Crippen LogP) is 1.60. The number of likely N-dealkylation sites (N-methyl/N-ethyl adjacent to an activating group) is 1. The van der Waals surface area contributed by atoms with Crippen LogP contribution >= 0.6 is 0 Å². The lowest BCUT2D eigenvalue weighted by molar-refractivity contribution is 0.271. The molecule has 0 radical (unpaired) electrons. The molecule has 0 spiro atoms. The number of rotatable bonds is 3. The van der Waals surface area contributed by atoms with Crippen molar-refractivity contribution in [1.29, 1.82) is 0 Å². The predicted molar refractivity (Wildman–Crippen MR) is 73.4 cm³/mol. The lowest BCUT2D eigenvalue weighted by Crippen LogP contribution is -2.46. The van der Waals surface area contributed by atoms with Crippen molar-refractivity contribution >= 4 is 5.69 Å². The van der Waals surface area contributed by atoms with Crippen molar-refractivity contribution in [1.82, 2.24) is 4.90 Å². The molecule has 0 saturated carbocycles. The van der Waals surface area contributed by atoms with Crippen molar-refractivity contribution in [2.24, 2.45) is 5.73 Å². The van der Waals surface area contributed by atoms with E-state index < -0.39 is 0 Å². The van der Waals surface area contributed by atoms with E-state index >= 15 is 0 Å². The van der Waals surface area contributed by atoms with Crippen LogP contribution in [-0.2, 0) is 6.54 Å². The number of hydrogen-bond donors (Lipinski definition) is 1. The normalized spacial score (nSPS) is 17.5. The fraction of sp³-hybridized carbons (Fsp3) is 0.571. The van der Waals surface area contributed by atoms with Crippen molar-refractivity contribution in [3.63, 3.8) is 0 Å². The first-order valence-electron chi connectivity index (χ1n) is 6.51. The third kappa shape index (κ3) is 2.79. The van der Waals surface area contributed by atoms with Crippen LogP contribution in [0.4, 0.5) is 5.69 Å². The van der Waals surface area contributed by atoms with Crippen LogP contribution in [0.2, 0.25) is 0 Å². The Balaban J connectivity index is 2.14. The molecule has 94 valence electrons. The third-order valence-corrected chi connectivity index (χ3v) is 3.62. The van der Waals surface area contributed by atoms with E-state index in [1.54, 1.807) is 0 Å². The molecule has 17 heavy (non-hydrogen) atoms. The first-order chi connectivity index (χ1) is 8.24. The summed E-state index contributed by atoms with van der Waals surface area (Å²) < 4.78 is 0. The minimum absolute atomic E-state index is 0.629. The molecule has 2 rings (SSSR count). The zero-order chi connectivity index (χ0) is 12.3. The van der Waals surface area contributed by atoms with Gasteiger partial charge in [0.05, 0.1) is 0 Å². The molecule has 0 unspecified atom stereocenters. The van der Waals surface area contributed by atoms with Crippen molar-refractivity contribution in [3.05, 3.63) is 29.3 Å². The monoisotopic (exact) mass is 233 g/mol. The average molecular weight is 233 g/mol. The van der Waals surface area contributed by atoms with Gasteiger partial charge in [0.25, 0.3) is 0 Å². The first-order valence-corrected chi connectivity index (χ1v) is 6.51. The van der Waals surface area contributed by atoms with Crippen molar-refractivity contribution < 1.29 is 0 Å². The number of benzene rings is 1. The van der Waals surface area contributed by atoms with Gasteiger partial charge in [-0.05, 0) is 30.7 Å². The van der Waals surface area contributed by atoms with Crippen molar-refractivity contribution in [2.45, 2.75) is 20.4 Å². The Morgan fingerprint density at radius 3 is 2.47 bits per heavy atom. The zero-order valence-electron chi connectivity index (χ0n) is 10.9. The highest BCUT2D eigenvalue weighted by Gasteiger charge is 2.17. The molecule has 1 saturated heterocycles. The summed E-state index contributed by atoms with van der Waals surface area (Å²) in [5, 5.41) is 0. The van der Waals surface area contributed by atoms with Gasteiger partial charge in [0.15, 0.2) is 0 Å². The topological polar surface area (TPSA) is 32.5 Å². The Kier molecular flexibility index (Phi) is 4.02. The Hall–Kier alpha value is -1.06. The van der Waals surface area contributed by atoms with E-state index in [4.69, 9.17) is 5.73 Å². The number of nitrogens with zero attached hydrogens (tertiary/aromatic N) is 2. The summed E-state index contributed by atoms with van der Waals surface area (Å²) in [6.07, 6.45) is 0. The molecule has 2 N–H and O–H groups in total. The quantitative estimate of drug-likeness (QED) is 0.860. The van der Waals surface area contributed by atoms with Crippen LogP contribution in [0.25, 0.3) is 0 Å². The van der Waals surface area contributed by atoms with Crippen LogP contribution in [0, 0.1) is 6.92 Å². The molecule has 1 fully saturated rings. The molecule has 1 aliphatic rings. The molecule has 0 aromatic heterocycles. The molecule has 0 amide bonds. The fourth-order valence-electron chi connectivity index (χ4n) is 2.45. The SMILES string of the molecule is CCN1CCN(c2cc(C)ccc2CN)CC1. The van der Waals surface area contributed by atoms with Crippen LogP contribution in [-0.4, -0.2) is 37.6 Å². The summed E-state index contributed by atoms with van der Waals surface area (Å²) in [6.45, 7) is 10.7. The minimum atomic E-state index is 0.629. The number of nitrogens with two attached hydrogens (primary N) is 1. The lowest BCUT2D eigenvalue weighted by Gasteiger charge is -2.36. The van der Waals surface area contributed by atoms with Crippen molar-refractivity contribution in [3.8, 4) is 0 Å². The molecule has 0 bridgehead atoms. The van der Waals surface area contributed by atoms with Crippen LogP contribution in [0.1, 0.15) is 18.1 Å². The maximum Gasteiger partial charge on any atom is 0.0415 e. The number of aryl methyl sites for hydroxylation is 1. The summed E-state index contributed by atoms with van der Waals surface area (Å²) in [6, 6.07) is 6.58. The molecule has 1 aliphatic heterocycles. The standard InChI is InChI=1S/C14H23N3/c1-3-16-6-8-17(9-7-16)14-10-12(2)4-5-13(14)11-15/h4-5,10H,3,6-9,11,15H2,1-2H3. The van der Waals surface area contributed by atoms with E-state index in [1.165, 1.54) is 16.8 Å². The van der Waals surface area contributed by atoms with Gasteiger partial charge in [-0.2, -0.15) is 0 Å². The number of hydrogen-bond acceptors (Lipinski definition) is 3. The van der Waals surface area contributed by atoms with E-state index in [0.717, 1.165) is 32.7 Å². The number of anilines is 1. The van der Waals surface area contributed by atoms with Gasteiger partial charge < -0.3 is 15.5 Å². The second kappa shape index (κ2) is 5.52. The van der Waals surface area contributed by atoms with Crippen LogP contribution in [0.3, 0.4) is 0 Å². The summed E-state index contributed by atoms with van der Waals surface area (Å²) >= 11 is 0. The zero-order valence-corrected chi connectivity index (χ0v) is 10.9. The summed E-state index contributed by atoms with van der Waals surface area (Å²) in [4.78, 5) is 4.97. The average Bonchev–Trinajstić information content (AvgIpc) is 2.39. The Morgan fingerprint density at radius 1 is 1.18 bits per heavy atom. The van der Waals surface area contributed by atoms with E-state index in [2.05, 4.69) is 41.8 Å². The maximum atomic E-state index is 5.82. The molecular formula is C14H23N3. The van der Waals surface area contributed by atoms with Gasteiger partial charge in [-0.3, -0.25) is 0 Å². The summed E-state index contributed by atoms with van der Waals surface area (Å²) in [5.41, 5.74) is 9.74. The van der Waals surface area contributed by atoms with E-state index in [0.29, 0.717) is 6.54 Å². The molecule has 1 heterocycles. The fourth-order valence-corrected chi connectivity index (χ4v) is 2.45. The highest BCUT2D eigenvalue weighted by atomic mass is 15.3. The van der Waals surface area contributed by atoms with Gasteiger partial charge in [0, 0.05) is 38.4 Å². The Labute approximate surface area is 104 Å². The van der Waals surface area contributed by atoms with E-state index in [1.807, 2.05) is 0 Å². The van der Waals surface area contributed by atoms with E-state index in [9.17, 15) is 0 Å². The Morgan fingerprint density at radius 2 is 1.88 bits per heavy atom. The van der Waals surface area contributed by atoms with Crippen molar-refractivity contribution in [2.75, 3.05) is 37.6 Å². The van der Waals surface area contributed by atoms with Gasteiger partial charge in [-0.25, -0.2) is 0 Å². The highest BCUT2D eigenvalue weighted by molar-refractivity contribution is 5.55. The first kappa shape index (κ1) is 12.4. The second-order valence-electron chi connectivity index (χ2n) is 4.76. The van der Waals surface area contributed by atoms with Crippen LogP contribution in [0.5, 0.6) is 0 Å². The molecule has 1 aromatic carbocycles. The molecular weight excluding hydrogens is 210 g/mol. The molecule has 0 atom stereocenters. The molecule has 1 aromatic rings. The maximum absolute atomic E-state index is 5.82. The third-order valence-electron chi connectivity index (χ3n) is 3.62. The molecule has 0 aliphatic carbocycles. The van der Waals surface area contributed by atoms with Crippen LogP contribution < -0.4 is 10.6 Å². The minimum Gasteiger partial charge on any atom is -0.369 e.